The Morgan fingerprint density at radius 3 is 2.89 bits per heavy atom. The third kappa shape index (κ3) is 2.70. The normalized spacial score (nSPS) is 18.3. The minimum absolute atomic E-state index is 0.119. The van der Waals surface area contributed by atoms with Gasteiger partial charge in [0.25, 0.3) is 11.6 Å². The van der Waals surface area contributed by atoms with Gasteiger partial charge in [0.15, 0.2) is 0 Å². The minimum Gasteiger partial charge on any atom is -0.379 e. The maximum absolute atomic E-state index is 13.6. The summed E-state index contributed by atoms with van der Waals surface area (Å²) in [5.74, 6) is -1.34. The molecule has 1 unspecified atom stereocenters. The summed E-state index contributed by atoms with van der Waals surface area (Å²) in [6.07, 6.45) is 0.679. The van der Waals surface area contributed by atoms with Gasteiger partial charge in [-0.05, 0) is 12.5 Å². The van der Waals surface area contributed by atoms with Crippen LogP contribution in [0, 0.1) is 15.9 Å². The van der Waals surface area contributed by atoms with Crippen molar-refractivity contribution in [1.29, 1.82) is 0 Å². The highest BCUT2D eigenvalue weighted by atomic mass is 19.1. The van der Waals surface area contributed by atoms with Gasteiger partial charge in [-0.3, -0.25) is 14.9 Å². The van der Waals surface area contributed by atoms with Crippen molar-refractivity contribution in [2.75, 3.05) is 20.3 Å². The summed E-state index contributed by atoms with van der Waals surface area (Å²) in [5.41, 5.74) is -0.593. The molecule has 1 atom stereocenters. The molecule has 6 nitrogen and oxygen atoms in total. The molecule has 1 amide bonds. The van der Waals surface area contributed by atoms with Gasteiger partial charge < -0.3 is 9.64 Å². The van der Waals surface area contributed by atoms with Gasteiger partial charge >= 0.3 is 0 Å². The van der Waals surface area contributed by atoms with Gasteiger partial charge in [-0.2, -0.15) is 0 Å². The second kappa shape index (κ2) is 5.31. The largest absolute Gasteiger partial charge is 0.379 e. The predicted octanol–water partition coefficient (Wildman–Crippen LogP) is 1.59. The number of nitro benzene ring substituents is 1. The van der Waals surface area contributed by atoms with Crippen LogP contribution in [0.25, 0.3) is 0 Å². The van der Waals surface area contributed by atoms with Crippen LogP contribution in [0.4, 0.5) is 10.1 Å². The van der Waals surface area contributed by atoms with Crippen LogP contribution in [0.5, 0.6) is 0 Å². The van der Waals surface area contributed by atoms with E-state index in [0.717, 1.165) is 18.2 Å². The number of carbonyl (C=O) groups excluding carboxylic acids is 1. The van der Waals surface area contributed by atoms with Gasteiger partial charge in [-0.25, -0.2) is 4.39 Å². The number of hydrogen-bond acceptors (Lipinski definition) is 4. The summed E-state index contributed by atoms with van der Waals surface area (Å²) in [5, 5.41) is 10.7. The first kappa shape index (κ1) is 13.4. The van der Waals surface area contributed by atoms with Crippen LogP contribution < -0.4 is 0 Å². The monoisotopic (exact) mass is 268 g/mol. The number of halogens is 1. The summed E-state index contributed by atoms with van der Waals surface area (Å²) in [4.78, 5) is 23.5. The fourth-order valence-electron chi connectivity index (χ4n) is 1.97. The molecule has 1 aromatic rings. The Morgan fingerprint density at radius 1 is 1.58 bits per heavy atom. The topological polar surface area (TPSA) is 72.7 Å². The summed E-state index contributed by atoms with van der Waals surface area (Å²) >= 11 is 0. The average molecular weight is 268 g/mol. The quantitative estimate of drug-likeness (QED) is 0.616. The number of amides is 1. The summed E-state index contributed by atoms with van der Waals surface area (Å²) in [6, 6.07) is 2.81. The highest BCUT2D eigenvalue weighted by Gasteiger charge is 2.27. The van der Waals surface area contributed by atoms with Crippen LogP contribution in [0.15, 0.2) is 18.2 Å². The maximum Gasteiger partial charge on any atom is 0.270 e. The first-order valence-electron chi connectivity index (χ1n) is 5.79. The van der Waals surface area contributed by atoms with E-state index in [4.69, 9.17) is 4.74 Å². The van der Waals surface area contributed by atoms with Crippen molar-refractivity contribution in [3.63, 3.8) is 0 Å². The van der Waals surface area contributed by atoms with Crippen molar-refractivity contribution in [2.24, 2.45) is 0 Å². The second-order valence-electron chi connectivity index (χ2n) is 4.35. The molecule has 0 spiro atoms. The zero-order chi connectivity index (χ0) is 14.0. The lowest BCUT2D eigenvalue weighted by Crippen LogP contribution is -2.37. The lowest BCUT2D eigenvalue weighted by Gasteiger charge is -2.23. The average Bonchev–Trinajstić information content (AvgIpc) is 2.91. The molecule has 102 valence electrons. The number of benzene rings is 1. The van der Waals surface area contributed by atoms with E-state index in [1.54, 1.807) is 7.05 Å². The fraction of sp³-hybridized carbons (Fsp3) is 0.417. The standard InChI is InChI=1S/C12H13FN2O4/c1-14(9-4-5-19-7-9)12(16)10-6-8(15(17)18)2-3-11(10)13/h2-3,6,9H,4-5,7H2,1H3. The molecule has 2 rings (SSSR count). The Morgan fingerprint density at radius 2 is 2.32 bits per heavy atom. The van der Waals surface area contributed by atoms with E-state index in [9.17, 15) is 19.3 Å². The van der Waals surface area contributed by atoms with Gasteiger partial charge in [0, 0.05) is 25.8 Å². The molecule has 1 aliphatic heterocycles. The third-order valence-electron chi connectivity index (χ3n) is 3.16. The van der Waals surface area contributed by atoms with Gasteiger partial charge in [0.2, 0.25) is 0 Å². The van der Waals surface area contributed by atoms with Crippen LogP contribution >= 0.6 is 0 Å². The Bertz CT molecular complexity index is 514. The zero-order valence-corrected chi connectivity index (χ0v) is 10.3. The molecule has 1 fully saturated rings. The van der Waals surface area contributed by atoms with Crippen molar-refractivity contribution in [2.45, 2.75) is 12.5 Å². The van der Waals surface area contributed by atoms with Crippen LogP contribution in [0.3, 0.4) is 0 Å². The highest BCUT2D eigenvalue weighted by molar-refractivity contribution is 5.95. The molecule has 0 aliphatic carbocycles. The Hall–Kier alpha value is -2.02. The van der Waals surface area contributed by atoms with E-state index in [1.165, 1.54) is 4.90 Å². The van der Waals surface area contributed by atoms with E-state index >= 15 is 0 Å². The molecule has 1 aliphatic rings. The van der Waals surface area contributed by atoms with E-state index in [-0.39, 0.29) is 17.3 Å². The molecular weight excluding hydrogens is 255 g/mol. The Kier molecular flexibility index (Phi) is 3.75. The number of rotatable bonds is 3. The van der Waals surface area contributed by atoms with E-state index in [0.29, 0.717) is 19.6 Å². The predicted molar refractivity (Wildman–Crippen MR) is 64.4 cm³/mol. The Labute approximate surface area is 108 Å². The molecule has 0 N–H and O–H groups in total. The van der Waals surface area contributed by atoms with Crippen molar-refractivity contribution in [3.8, 4) is 0 Å². The molecule has 1 saturated heterocycles. The van der Waals surface area contributed by atoms with Crippen LogP contribution in [-0.2, 0) is 4.74 Å². The number of nitrogens with zero attached hydrogens (tertiary/aromatic N) is 2. The molecule has 7 heteroatoms. The second-order valence-corrected chi connectivity index (χ2v) is 4.35. The van der Waals surface area contributed by atoms with Crippen LogP contribution in [0.1, 0.15) is 16.8 Å². The van der Waals surface area contributed by atoms with Gasteiger partial charge in [0.05, 0.1) is 23.1 Å². The first-order chi connectivity index (χ1) is 9.00. The molecule has 0 bridgehead atoms. The Balaban J connectivity index is 2.26. The van der Waals surface area contributed by atoms with E-state index < -0.39 is 16.6 Å². The van der Waals surface area contributed by atoms with Gasteiger partial charge in [-0.15, -0.1) is 0 Å². The summed E-state index contributed by atoms with van der Waals surface area (Å²) in [7, 11) is 1.54. The lowest BCUT2D eigenvalue weighted by atomic mass is 10.1. The molecule has 0 saturated carbocycles. The number of non-ortho nitro benzene ring substituents is 1. The smallest absolute Gasteiger partial charge is 0.270 e. The number of hydrogen-bond donors (Lipinski definition) is 0. The van der Waals surface area contributed by atoms with E-state index in [2.05, 4.69) is 0 Å². The summed E-state index contributed by atoms with van der Waals surface area (Å²) < 4.78 is 18.8. The first-order valence-corrected chi connectivity index (χ1v) is 5.79. The summed E-state index contributed by atoms with van der Waals surface area (Å²) in [6.45, 7) is 0.957. The SMILES string of the molecule is CN(C(=O)c1cc([N+](=O)[O-])ccc1F)C1CCOC1. The zero-order valence-electron chi connectivity index (χ0n) is 10.3. The van der Waals surface area contributed by atoms with Crippen molar-refractivity contribution >= 4 is 11.6 Å². The van der Waals surface area contributed by atoms with Gasteiger partial charge in [0.1, 0.15) is 5.82 Å². The van der Waals surface area contributed by atoms with Crippen molar-refractivity contribution in [3.05, 3.63) is 39.7 Å². The molecule has 19 heavy (non-hydrogen) atoms. The number of carbonyl (C=O) groups is 1. The molecule has 1 heterocycles. The molecular formula is C12H13FN2O4. The molecule has 0 radical (unpaired) electrons. The van der Waals surface area contributed by atoms with Gasteiger partial charge in [-0.1, -0.05) is 0 Å². The highest BCUT2D eigenvalue weighted by Crippen LogP contribution is 2.20. The van der Waals surface area contributed by atoms with Crippen molar-refractivity contribution in [1.82, 2.24) is 4.90 Å². The van der Waals surface area contributed by atoms with Crippen molar-refractivity contribution < 1.29 is 18.8 Å². The maximum atomic E-state index is 13.6. The third-order valence-corrected chi connectivity index (χ3v) is 3.16. The number of ether oxygens (including phenoxy) is 1. The number of nitro groups is 1. The van der Waals surface area contributed by atoms with E-state index in [1.807, 2.05) is 0 Å². The van der Waals surface area contributed by atoms with Crippen LogP contribution in [-0.4, -0.2) is 42.0 Å². The number of likely N-dealkylation sites (N-methyl/N-ethyl adjacent to an activating group) is 1. The minimum atomic E-state index is -0.763. The van der Waals surface area contributed by atoms with Crippen LogP contribution in [0.2, 0.25) is 0 Å². The fourth-order valence-corrected chi connectivity index (χ4v) is 1.97. The molecule has 1 aromatic carbocycles. The lowest BCUT2D eigenvalue weighted by molar-refractivity contribution is -0.384. The molecule has 0 aromatic heterocycles.